The lowest BCUT2D eigenvalue weighted by atomic mass is 9.88. The summed E-state index contributed by atoms with van der Waals surface area (Å²) in [6, 6.07) is 6.39. The number of hydrogen-bond acceptors (Lipinski definition) is 2. The molecule has 0 aliphatic carbocycles. The largest absolute Gasteiger partial charge is 0.493 e. The minimum Gasteiger partial charge on any atom is -0.493 e. The molecule has 2 nitrogen and oxygen atoms in total. The topological polar surface area (TPSA) is 21.6 Å². The maximum absolute atomic E-state index is 5.82. The molecule has 1 heterocycles. The van der Waals surface area contributed by atoms with E-state index < -0.39 is 0 Å². The van der Waals surface area contributed by atoms with Gasteiger partial charge in [0.1, 0.15) is 5.75 Å². The summed E-state index contributed by atoms with van der Waals surface area (Å²) in [7, 11) is 0. The Morgan fingerprint density at radius 3 is 2.52 bits per heavy atom. The number of aliphatic imine (C=N–C) groups is 1. The zero-order valence-electron chi connectivity index (χ0n) is 15.6. The SMILES string of the molecule is C=Nc1c(-c2c(C)c(C)cc(=CC)c2=CC)ccc2c1C(=C)CCO2. The molecule has 2 heteroatoms. The van der Waals surface area contributed by atoms with Gasteiger partial charge in [0.05, 0.1) is 12.3 Å². The molecule has 1 aliphatic rings. The van der Waals surface area contributed by atoms with Gasteiger partial charge in [-0.05, 0) is 79.2 Å². The van der Waals surface area contributed by atoms with Crippen LogP contribution in [0.5, 0.6) is 5.75 Å². The fourth-order valence-corrected chi connectivity index (χ4v) is 3.67. The number of rotatable bonds is 2. The molecule has 128 valence electrons. The van der Waals surface area contributed by atoms with E-state index in [9.17, 15) is 0 Å². The van der Waals surface area contributed by atoms with Crippen molar-refractivity contribution >= 4 is 30.1 Å². The van der Waals surface area contributed by atoms with Crippen LogP contribution in [0.15, 0.2) is 29.8 Å². The first-order valence-electron chi connectivity index (χ1n) is 8.71. The molecule has 0 spiro atoms. The first-order chi connectivity index (χ1) is 12.0. The Kier molecular flexibility index (Phi) is 4.63. The van der Waals surface area contributed by atoms with E-state index in [2.05, 4.69) is 70.3 Å². The van der Waals surface area contributed by atoms with Gasteiger partial charge in [0.15, 0.2) is 0 Å². The Hall–Kier alpha value is -2.61. The van der Waals surface area contributed by atoms with Crippen molar-refractivity contribution in [3.05, 3.63) is 51.9 Å². The highest BCUT2D eigenvalue weighted by atomic mass is 16.5. The quantitative estimate of drug-likeness (QED) is 0.731. The molecule has 0 fully saturated rings. The minimum absolute atomic E-state index is 0.675. The van der Waals surface area contributed by atoms with Crippen molar-refractivity contribution in [1.82, 2.24) is 0 Å². The molecule has 2 aromatic carbocycles. The van der Waals surface area contributed by atoms with E-state index in [1.54, 1.807) is 0 Å². The van der Waals surface area contributed by atoms with Gasteiger partial charge in [-0.15, -0.1) is 0 Å². The average molecular weight is 331 g/mol. The van der Waals surface area contributed by atoms with E-state index in [1.807, 2.05) is 6.07 Å². The summed E-state index contributed by atoms with van der Waals surface area (Å²) in [4.78, 5) is 4.40. The van der Waals surface area contributed by atoms with Crippen LogP contribution in [0.25, 0.3) is 28.9 Å². The van der Waals surface area contributed by atoms with Gasteiger partial charge >= 0.3 is 0 Å². The van der Waals surface area contributed by atoms with Crippen molar-refractivity contribution in [1.29, 1.82) is 0 Å². The molecule has 25 heavy (non-hydrogen) atoms. The summed E-state index contributed by atoms with van der Waals surface area (Å²) in [5.74, 6) is 0.858. The number of aryl methyl sites for hydroxylation is 1. The monoisotopic (exact) mass is 331 g/mol. The summed E-state index contributed by atoms with van der Waals surface area (Å²) in [6.45, 7) is 17.3. The summed E-state index contributed by atoms with van der Waals surface area (Å²) in [5, 5.41) is 2.47. The van der Waals surface area contributed by atoms with E-state index in [-0.39, 0.29) is 0 Å². The molecular formula is C23H25NO. The van der Waals surface area contributed by atoms with E-state index in [1.165, 1.54) is 27.1 Å². The average Bonchev–Trinajstić information content (AvgIpc) is 2.62. The molecule has 3 rings (SSSR count). The van der Waals surface area contributed by atoms with Gasteiger partial charge in [-0.25, -0.2) is 0 Å². The Balaban J connectivity index is 2.48. The third-order valence-corrected chi connectivity index (χ3v) is 5.10. The minimum atomic E-state index is 0.675. The highest BCUT2D eigenvalue weighted by molar-refractivity contribution is 5.91. The maximum Gasteiger partial charge on any atom is 0.129 e. The van der Waals surface area contributed by atoms with Crippen LogP contribution in [0.2, 0.25) is 0 Å². The summed E-state index contributed by atoms with van der Waals surface area (Å²) in [5.41, 5.74) is 7.81. The van der Waals surface area contributed by atoms with Crippen LogP contribution in [-0.2, 0) is 0 Å². The molecular weight excluding hydrogens is 306 g/mol. The first-order valence-corrected chi connectivity index (χ1v) is 8.71. The number of ether oxygens (including phenoxy) is 1. The molecule has 1 aliphatic heterocycles. The standard InChI is InChI=1S/C23H25NO/c1-7-17-13-15(4)16(5)22(18(17)8-2)19-9-10-20-21(23(19)24-6)14(3)11-12-25-20/h7-10,13H,3,6,11-12H2,1-2,4-5H3. The van der Waals surface area contributed by atoms with Crippen LogP contribution in [-0.4, -0.2) is 13.3 Å². The smallest absolute Gasteiger partial charge is 0.129 e. The number of benzene rings is 2. The van der Waals surface area contributed by atoms with Crippen LogP contribution in [0.4, 0.5) is 5.69 Å². The van der Waals surface area contributed by atoms with Crippen LogP contribution in [0, 0.1) is 13.8 Å². The zero-order valence-corrected chi connectivity index (χ0v) is 15.6. The van der Waals surface area contributed by atoms with E-state index >= 15 is 0 Å². The number of nitrogens with zero attached hydrogens (tertiary/aromatic N) is 1. The van der Waals surface area contributed by atoms with Gasteiger partial charge in [0, 0.05) is 17.5 Å². The normalized spacial score (nSPS) is 15.1. The van der Waals surface area contributed by atoms with Crippen molar-refractivity contribution in [2.24, 2.45) is 4.99 Å². The Morgan fingerprint density at radius 1 is 1.12 bits per heavy atom. The maximum atomic E-state index is 5.82. The predicted molar refractivity (Wildman–Crippen MR) is 109 cm³/mol. The molecule has 0 unspecified atom stereocenters. The number of fused-ring (bicyclic) bond motifs is 1. The fraction of sp³-hybridized carbons (Fsp3) is 0.261. The molecule has 0 bridgehead atoms. The molecule has 0 N–H and O–H groups in total. The van der Waals surface area contributed by atoms with E-state index in [0.29, 0.717) is 6.61 Å². The highest BCUT2D eigenvalue weighted by Gasteiger charge is 2.22. The molecule has 0 aromatic heterocycles. The third-order valence-electron chi connectivity index (χ3n) is 5.10. The lowest BCUT2D eigenvalue weighted by Gasteiger charge is -2.23. The molecule has 0 radical (unpaired) electrons. The van der Waals surface area contributed by atoms with Crippen LogP contribution in [0.1, 0.15) is 37.0 Å². The Morgan fingerprint density at radius 2 is 1.88 bits per heavy atom. The second-order valence-electron chi connectivity index (χ2n) is 6.47. The molecule has 0 amide bonds. The highest BCUT2D eigenvalue weighted by Crippen LogP contribution is 2.44. The second kappa shape index (κ2) is 6.72. The summed E-state index contributed by atoms with van der Waals surface area (Å²) in [6.07, 6.45) is 5.16. The van der Waals surface area contributed by atoms with Crippen molar-refractivity contribution in [3.63, 3.8) is 0 Å². The fourth-order valence-electron chi connectivity index (χ4n) is 3.67. The van der Waals surface area contributed by atoms with Gasteiger partial charge < -0.3 is 4.74 Å². The van der Waals surface area contributed by atoms with Crippen LogP contribution < -0.4 is 15.2 Å². The van der Waals surface area contributed by atoms with Crippen molar-refractivity contribution in [2.45, 2.75) is 34.1 Å². The van der Waals surface area contributed by atoms with Gasteiger partial charge in [0.25, 0.3) is 0 Å². The van der Waals surface area contributed by atoms with Crippen molar-refractivity contribution in [3.8, 4) is 16.9 Å². The number of hydrogen-bond donors (Lipinski definition) is 0. The Labute approximate surface area is 149 Å². The molecule has 2 aromatic rings. The summed E-state index contributed by atoms with van der Waals surface area (Å²) < 4.78 is 5.82. The molecule has 0 saturated heterocycles. The van der Waals surface area contributed by atoms with Gasteiger partial charge in [0.2, 0.25) is 0 Å². The van der Waals surface area contributed by atoms with Crippen molar-refractivity contribution < 1.29 is 4.74 Å². The van der Waals surface area contributed by atoms with Gasteiger partial charge in [-0.1, -0.05) is 24.8 Å². The second-order valence-corrected chi connectivity index (χ2v) is 6.47. The van der Waals surface area contributed by atoms with E-state index in [4.69, 9.17) is 4.74 Å². The van der Waals surface area contributed by atoms with Crippen LogP contribution >= 0.6 is 0 Å². The van der Waals surface area contributed by atoms with Gasteiger partial charge in [-0.3, -0.25) is 4.99 Å². The van der Waals surface area contributed by atoms with E-state index in [0.717, 1.165) is 34.6 Å². The molecule has 0 atom stereocenters. The lowest BCUT2D eigenvalue weighted by molar-refractivity contribution is 0.317. The first kappa shape index (κ1) is 17.2. The summed E-state index contributed by atoms with van der Waals surface area (Å²) >= 11 is 0. The van der Waals surface area contributed by atoms with Gasteiger partial charge in [-0.2, -0.15) is 0 Å². The molecule has 0 saturated carbocycles. The lowest BCUT2D eigenvalue weighted by Crippen LogP contribution is -2.28. The third kappa shape index (κ3) is 2.72. The zero-order chi connectivity index (χ0) is 18.1. The van der Waals surface area contributed by atoms with Crippen molar-refractivity contribution in [2.75, 3.05) is 6.61 Å². The van der Waals surface area contributed by atoms with Crippen LogP contribution in [0.3, 0.4) is 0 Å². The predicted octanol–water partition coefficient (Wildman–Crippen LogP) is 4.70. The Bertz CT molecular complexity index is 996.